The highest BCUT2D eigenvalue weighted by molar-refractivity contribution is 7.47. The number of nitrogens with two attached hydrogens (primary N) is 1. The molecule has 12 heteroatoms. The molecule has 3 unspecified atom stereocenters. The number of allylic oxidation sites excluding steroid dienone is 2. The molecular formula is C35H66NO10P. The van der Waals surface area contributed by atoms with Crippen molar-refractivity contribution in [3.05, 3.63) is 12.2 Å². The molecule has 0 rings (SSSR count). The number of carbonyl (C=O) groups is 3. The van der Waals surface area contributed by atoms with Crippen molar-refractivity contribution in [2.75, 3.05) is 19.8 Å². The first kappa shape index (κ1) is 45.2. The van der Waals surface area contributed by atoms with Gasteiger partial charge in [0.2, 0.25) is 0 Å². The van der Waals surface area contributed by atoms with E-state index < -0.39 is 51.1 Å². The lowest BCUT2D eigenvalue weighted by Gasteiger charge is -2.20. The molecule has 0 fully saturated rings. The Morgan fingerprint density at radius 1 is 0.660 bits per heavy atom. The maximum atomic E-state index is 12.3. The number of phosphoric ester groups is 1. The Kier molecular flexibility index (Phi) is 30.3. The van der Waals surface area contributed by atoms with E-state index in [9.17, 15) is 23.8 Å². The topological polar surface area (TPSA) is 172 Å². The first-order valence-electron chi connectivity index (χ1n) is 18.2. The fourth-order valence-corrected chi connectivity index (χ4v) is 5.64. The highest BCUT2D eigenvalue weighted by atomic mass is 31.2. The Balaban J connectivity index is 3.86. The molecule has 0 aromatic carbocycles. The van der Waals surface area contributed by atoms with Gasteiger partial charge in [0.1, 0.15) is 12.6 Å². The van der Waals surface area contributed by atoms with E-state index >= 15 is 0 Å². The van der Waals surface area contributed by atoms with Crippen molar-refractivity contribution in [3.63, 3.8) is 0 Å². The van der Waals surface area contributed by atoms with Crippen LogP contribution in [0.3, 0.4) is 0 Å². The molecule has 47 heavy (non-hydrogen) atoms. The minimum absolute atomic E-state index is 0.105. The number of carboxylic acid groups (broad SMARTS) is 1. The molecule has 4 N–H and O–H groups in total. The number of rotatable bonds is 34. The first-order valence-corrected chi connectivity index (χ1v) is 19.7. The lowest BCUT2D eigenvalue weighted by atomic mass is 10.0. The number of ether oxygens (including phenoxy) is 2. The van der Waals surface area contributed by atoms with Crippen LogP contribution in [0.5, 0.6) is 0 Å². The number of esters is 2. The second-order valence-electron chi connectivity index (χ2n) is 12.3. The molecule has 0 amide bonds. The summed E-state index contributed by atoms with van der Waals surface area (Å²) in [5.41, 5.74) is 5.25. The van der Waals surface area contributed by atoms with Gasteiger partial charge in [0.15, 0.2) is 6.10 Å². The van der Waals surface area contributed by atoms with Gasteiger partial charge in [-0.2, -0.15) is 0 Å². The zero-order valence-electron chi connectivity index (χ0n) is 29.4. The van der Waals surface area contributed by atoms with E-state index in [4.69, 9.17) is 24.8 Å². The molecule has 0 aliphatic rings. The van der Waals surface area contributed by atoms with E-state index in [0.29, 0.717) is 6.42 Å². The van der Waals surface area contributed by atoms with Gasteiger partial charge in [-0.15, -0.1) is 0 Å². The van der Waals surface area contributed by atoms with Gasteiger partial charge in [0, 0.05) is 12.8 Å². The van der Waals surface area contributed by atoms with Gasteiger partial charge in [0.05, 0.1) is 13.2 Å². The predicted octanol–water partition coefficient (Wildman–Crippen LogP) is 8.56. The van der Waals surface area contributed by atoms with Crippen molar-refractivity contribution in [1.29, 1.82) is 0 Å². The van der Waals surface area contributed by atoms with Crippen LogP contribution in [0.1, 0.15) is 162 Å². The number of aliphatic carboxylic acids is 1. The Hall–Kier alpha value is -1.78. The molecule has 0 aliphatic carbocycles. The summed E-state index contributed by atoms with van der Waals surface area (Å²) in [5.74, 6) is -2.48. The lowest BCUT2D eigenvalue weighted by molar-refractivity contribution is -0.161. The van der Waals surface area contributed by atoms with Crippen LogP contribution >= 0.6 is 7.82 Å². The zero-order valence-corrected chi connectivity index (χ0v) is 30.3. The Morgan fingerprint density at radius 2 is 1.11 bits per heavy atom. The molecule has 0 spiro atoms. The molecule has 0 aromatic heterocycles. The van der Waals surface area contributed by atoms with E-state index in [1.165, 1.54) is 109 Å². The summed E-state index contributed by atoms with van der Waals surface area (Å²) in [6, 6.07) is -1.51. The van der Waals surface area contributed by atoms with E-state index in [0.717, 1.165) is 19.3 Å². The maximum absolute atomic E-state index is 12.3. The van der Waals surface area contributed by atoms with Crippen molar-refractivity contribution in [1.82, 2.24) is 0 Å². The summed E-state index contributed by atoms with van der Waals surface area (Å²) in [5, 5.41) is 8.76. The largest absolute Gasteiger partial charge is 0.480 e. The summed E-state index contributed by atoms with van der Waals surface area (Å²) in [7, 11) is -4.68. The van der Waals surface area contributed by atoms with Crippen molar-refractivity contribution in [2.24, 2.45) is 5.73 Å². The van der Waals surface area contributed by atoms with Gasteiger partial charge in [-0.1, -0.05) is 129 Å². The monoisotopic (exact) mass is 691 g/mol. The molecule has 0 heterocycles. The fraction of sp³-hybridized carbons (Fsp3) is 0.857. The van der Waals surface area contributed by atoms with Gasteiger partial charge in [-0.3, -0.25) is 23.4 Å². The fourth-order valence-electron chi connectivity index (χ4n) is 4.86. The number of hydrogen-bond acceptors (Lipinski definition) is 9. The quantitative estimate of drug-likeness (QED) is 0.0255. The lowest BCUT2D eigenvalue weighted by Crippen LogP contribution is -2.34. The molecular weight excluding hydrogens is 625 g/mol. The van der Waals surface area contributed by atoms with Gasteiger partial charge >= 0.3 is 25.7 Å². The zero-order chi connectivity index (χ0) is 35.0. The Bertz CT molecular complexity index is 869. The third kappa shape index (κ3) is 31.3. The van der Waals surface area contributed by atoms with Crippen LogP contribution in [-0.2, 0) is 37.5 Å². The van der Waals surface area contributed by atoms with Crippen LogP contribution in [0, 0.1) is 0 Å². The number of carboxylic acids is 1. The summed E-state index contributed by atoms with van der Waals surface area (Å²) < 4.78 is 31.7. The van der Waals surface area contributed by atoms with Crippen LogP contribution in [0.15, 0.2) is 12.2 Å². The summed E-state index contributed by atoms with van der Waals surface area (Å²) in [6.45, 7) is 2.16. The molecule has 0 radical (unpaired) electrons. The van der Waals surface area contributed by atoms with Crippen LogP contribution in [0.2, 0.25) is 0 Å². The smallest absolute Gasteiger partial charge is 0.472 e. The second kappa shape index (κ2) is 31.5. The van der Waals surface area contributed by atoms with Crippen molar-refractivity contribution < 1.29 is 47.5 Å². The van der Waals surface area contributed by atoms with Crippen molar-refractivity contribution in [3.8, 4) is 0 Å². The highest BCUT2D eigenvalue weighted by Crippen LogP contribution is 2.43. The van der Waals surface area contributed by atoms with E-state index in [1.807, 2.05) is 0 Å². The molecule has 11 nitrogen and oxygen atoms in total. The summed E-state index contributed by atoms with van der Waals surface area (Å²) >= 11 is 0. The highest BCUT2D eigenvalue weighted by Gasteiger charge is 2.28. The molecule has 0 aliphatic heterocycles. The van der Waals surface area contributed by atoms with Crippen LogP contribution in [-0.4, -0.2) is 59.9 Å². The minimum atomic E-state index is -4.68. The van der Waals surface area contributed by atoms with Crippen molar-refractivity contribution >= 4 is 25.7 Å². The van der Waals surface area contributed by atoms with E-state index in [2.05, 4.69) is 23.6 Å². The number of phosphoric acid groups is 1. The average molecular weight is 692 g/mol. The molecule has 0 bridgehead atoms. The molecule has 3 atom stereocenters. The van der Waals surface area contributed by atoms with Crippen LogP contribution in [0.25, 0.3) is 0 Å². The second-order valence-corrected chi connectivity index (χ2v) is 13.8. The molecule has 0 aromatic rings. The van der Waals surface area contributed by atoms with E-state index in [1.54, 1.807) is 6.92 Å². The molecule has 0 saturated carbocycles. The van der Waals surface area contributed by atoms with Gasteiger partial charge in [-0.05, 0) is 32.1 Å². The first-order chi connectivity index (χ1) is 22.6. The van der Waals surface area contributed by atoms with Crippen molar-refractivity contribution in [2.45, 2.75) is 174 Å². The normalized spacial score (nSPS) is 14.1. The molecule has 276 valence electrons. The van der Waals surface area contributed by atoms with E-state index in [-0.39, 0.29) is 19.4 Å². The Labute approximate surface area is 284 Å². The van der Waals surface area contributed by atoms with Gasteiger partial charge in [-0.25, -0.2) is 4.57 Å². The third-order valence-corrected chi connectivity index (χ3v) is 8.77. The summed E-state index contributed by atoms with van der Waals surface area (Å²) in [4.78, 5) is 44.4. The van der Waals surface area contributed by atoms with Gasteiger partial charge < -0.3 is 25.2 Å². The third-order valence-electron chi connectivity index (χ3n) is 7.82. The van der Waals surface area contributed by atoms with Crippen LogP contribution in [0.4, 0.5) is 0 Å². The van der Waals surface area contributed by atoms with Crippen LogP contribution < -0.4 is 5.73 Å². The average Bonchev–Trinajstić information content (AvgIpc) is 3.04. The Morgan fingerprint density at radius 3 is 1.57 bits per heavy atom. The molecule has 0 saturated heterocycles. The van der Waals surface area contributed by atoms with Gasteiger partial charge in [0.25, 0.3) is 0 Å². The maximum Gasteiger partial charge on any atom is 0.472 e. The number of unbranched alkanes of at least 4 members (excludes halogenated alkanes) is 19. The number of hydrogen-bond donors (Lipinski definition) is 3. The predicted molar refractivity (Wildman–Crippen MR) is 185 cm³/mol. The summed E-state index contributed by atoms with van der Waals surface area (Å²) in [6.07, 6.45) is 29.9. The standard InChI is InChI=1S/C35H66NO10P/c1-3-5-6-7-8-9-10-11-12-13-14-15-16-17-18-19-20-21-22-23-24-25-26-27-34(38)46-31(28-43-33(37)4-2)29-44-47(41,42)45-30-32(36)35(39)40/h13-14,31-32H,3-12,15-30,36H2,1-2H3,(H,39,40)(H,41,42)/b14-13-. The minimum Gasteiger partial charge on any atom is -0.480 e. The number of carbonyl (C=O) groups excluding carboxylic acids is 2. The SMILES string of the molecule is CCCCCCCCCC/C=C\CCCCCCCCCCCCCC(=O)OC(COC(=O)CC)COP(=O)(O)OCC(N)C(=O)O.